The van der Waals surface area contributed by atoms with Gasteiger partial charge in [-0.05, 0) is 30.0 Å². The first-order valence-corrected chi connectivity index (χ1v) is 11.8. The number of rotatable bonds is 11. The molecule has 2 N–H and O–H groups in total. The van der Waals surface area contributed by atoms with Crippen molar-refractivity contribution < 1.29 is 28.3 Å². The minimum atomic E-state index is -4.10. The molecule has 1 amide bonds. The molecule has 1 unspecified atom stereocenters. The van der Waals surface area contributed by atoms with Crippen molar-refractivity contribution in [2.75, 3.05) is 20.1 Å². The molecule has 11 heteroatoms. The van der Waals surface area contributed by atoms with Gasteiger partial charge in [0.1, 0.15) is 0 Å². The number of likely N-dealkylation sites (N-methyl/N-ethyl adjacent to an activating group) is 1. The van der Waals surface area contributed by atoms with Crippen molar-refractivity contribution >= 4 is 21.8 Å². The first kappa shape index (κ1) is 26.2. The van der Waals surface area contributed by atoms with E-state index in [1.165, 1.54) is 7.05 Å². The molecule has 2 rings (SSSR count). The summed E-state index contributed by atoms with van der Waals surface area (Å²) in [6, 6.07) is 12.6. The lowest BCUT2D eigenvalue weighted by Gasteiger charge is -2.34. The first-order chi connectivity index (χ1) is 15.4. The second kappa shape index (κ2) is 11.2. The molecule has 0 aliphatic heterocycles. The number of nitrogens with zero attached hydrogens (tertiary/aromatic N) is 3. The fourth-order valence-electron chi connectivity index (χ4n) is 3.43. The van der Waals surface area contributed by atoms with E-state index in [9.17, 15) is 33.5 Å². The van der Waals surface area contributed by atoms with Crippen LogP contribution >= 0.6 is 0 Å². The highest BCUT2D eigenvalue weighted by molar-refractivity contribution is 7.89. The number of carboxylic acid groups (broad SMARTS) is 1. The topological polar surface area (TPSA) is 141 Å². The second-order valence-electron chi connectivity index (χ2n) is 8.18. The molecule has 2 atom stereocenters. The van der Waals surface area contributed by atoms with Crippen molar-refractivity contribution in [3.8, 4) is 0 Å². The van der Waals surface area contributed by atoms with E-state index < -0.39 is 33.2 Å². The molecular formula is C22H29N3O7S. The molecule has 10 nitrogen and oxygen atoms in total. The highest BCUT2D eigenvalue weighted by Gasteiger charge is 2.33. The Labute approximate surface area is 193 Å². The summed E-state index contributed by atoms with van der Waals surface area (Å²) < 4.78 is 27.7. The number of aliphatic hydroxyl groups is 1. The van der Waals surface area contributed by atoms with Crippen molar-refractivity contribution in [3.63, 3.8) is 0 Å². The molecule has 180 valence electrons. The molecule has 0 aliphatic rings. The van der Waals surface area contributed by atoms with E-state index in [1.54, 1.807) is 24.3 Å². The van der Waals surface area contributed by atoms with Gasteiger partial charge in [-0.3, -0.25) is 10.1 Å². The average Bonchev–Trinajstić information content (AvgIpc) is 2.76. The van der Waals surface area contributed by atoms with Crippen LogP contribution in [0.1, 0.15) is 19.4 Å². The highest BCUT2D eigenvalue weighted by atomic mass is 32.2. The lowest BCUT2D eigenvalue weighted by Crippen LogP contribution is -2.51. The Morgan fingerprint density at radius 2 is 1.64 bits per heavy atom. The predicted octanol–water partition coefficient (Wildman–Crippen LogP) is 2.82. The number of benzene rings is 2. The van der Waals surface area contributed by atoms with Crippen molar-refractivity contribution in [2.45, 2.75) is 37.3 Å². The first-order valence-electron chi connectivity index (χ1n) is 10.4. The van der Waals surface area contributed by atoms with Crippen molar-refractivity contribution in [1.82, 2.24) is 9.21 Å². The largest absolute Gasteiger partial charge is 0.465 e. The Morgan fingerprint density at radius 1 is 1.06 bits per heavy atom. The van der Waals surface area contributed by atoms with E-state index in [-0.39, 0.29) is 36.0 Å². The maximum absolute atomic E-state index is 13.3. The number of nitro groups is 1. The summed E-state index contributed by atoms with van der Waals surface area (Å²) in [5, 5.41) is 31.4. The molecule has 0 aromatic heterocycles. The average molecular weight is 480 g/mol. The Balaban J connectivity index is 2.35. The number of hydrogen-bond acceptors (Lipinski definition) is 6. The molecule has 0 saturated heterocycles. The summed E-state index contributed by atoms with van der Waals surface area (Å²) >= 11 is 0. The Hall–Kier alpha value is -3.02. The van der Waals surface area contributed by atoms with Crippen LogP contribution in [0.2, 0.25) is 0 Å². The molecule has 2 aromatic rings. The molecule has 0 aliphatic carbocycles. The number of aliphatic hydroxyl groups excluding tert-OH is 1. The molecule has 33 heavy (non-hydrogen) atoms. The predicted molar refractivity (Wildman–Crippen MR) is 122 cm³/mol. The SMILES string of the molecule is CC(C)CN(CC(O)[C@H](Cc1ccccc1)N(C)C(=O)O)S(=O)(=O)c1ccc([N+](=O)[O-])cc1. The molecule has 0 heterocycles. The molecule has 0 saturated carbocycles. The zero-order chi connectivity index (χ0) is 24.8. The summed E-state index contributed by atoms with van der Waals surface area (Å²) in [4.78, 5) is 22.7. The van der Waals surface area contributed by atoms with Crippen LogP contribution in [0.15, 0.2) is 59.5 Å². The van der Waals surface area contributed by atoms with E-state index >= 15 is 0 Å². The summed E-state index contributed by atoms with van der Waals surface area (Å²) in [7, 11) is -2.77. The zero-order valence-corrected chi connectivity index (χ0v) is 19.6. The van der Waals surface area contributed by atoms with Crippen LogP contribution in [0.25, 0.3) is 0 Å². The van der Waals surface area contributed by atoms with Gasteiger partial charge in [-0.25, -0.2) is 13.2 Å². The van der Waals surface area contributed by atoms with Crippen LogP contribution < -0.4 is 0 Å². The van der Waals surface area contributed by atoms with E-state index in [4.69, 9.17) is 0 Å². The van der Waals surface area contributed by atoms with Crippen molar-refractivity contribution in [2.24, 2.45) is 5.92 Å². The van der Waals surface area contributed by atoms with Gasteiger partial charge in [-0.15, -0.1) is 0 Å². The second-order valence-corrected chi connectivity index (χ2v) is 10.1. The van der Waals surface area contributed by atoms with Gasteiger partial charge in [0.05, 0.1) is 22.0 Å². The number of sulfonamides is 1. The van der Waals surface area contributed by atoms with E-state index in [1.807, 2.05) is 19.9 Å². The molecule has 2 aromatic carbocycles. The van der Waals surface area contributed by atoms with Crippen molar-refractivity contribution in [3.05, 3.63) is 70.3 Å². The minimum Gasteiger partial charge on any atom is -0.465 e. The zero-order valence-electron chi connectivity index (χ0n) is 18.7. The van der Waals surface area contributed by atoms with Gasteiger partial charge < -0.3 is 15.1 Å². The number of non-ortho nitro benzene ring substituents is 1. The van der Waals surface area contributed by atoms with Gasteiger partial charge in [0.2, 0.25) is 10.0 Å². The maximum atomic E-state index is 13.3. The maximum Gasteiger partial charge on any atom is 0.407 e. The van der Waals surface area contributed by atoms with Crippen LogP contribution in [0.3, 0.4) is 0 Å². The molecule has 0 fully saturated rings. The monoisotopic (exact) mass is 479 g/mol. The van der Waals surface area contributed by atoms with Crippen LogP contribution in [0, 0.1) is 16.0 Å². The Morgan fingerprint density at radius 3 is 2.12 bits per heavy atom. The van der Waals surface area contributed by atoms with E-state index in [0.29, 0.717) is 0 Å². The molecule has 0 spiro atoms. The van der Waals surface area contributed by atoms with Gasteiger partial charge >= 0.3 is 6.09 Å². The molecule has 0 radical (unpaired) electrons. The lowest BCUT2D eigenvalue weighted by atomic mass is 10.00. The Kier molecular flexibility index (Phi) is 8.91. The van der Waals surface area contributed by atoms with Gasteiger partial charge in [-0.2, -0.15) is 4.31 Å². The third kappa shape index (κ3) is 6.98. The normalized spacial score (nSPS) is 13.6. The van der Waals surface area contributed by atoms with Gasteiger partial charge in [0.15, 0.2) is 0 Å². The van der Waals surface area contributed by atoms with E-state index in [2.05, 4.69) is 0 Å². The fourth-order valence-corrected chi connectivity index (χ4v) is 5.05. The number of hydrogen-bond donors (Lipinski definition) is 2. The Bertz CT molecular complexity index is 1040. The van der Waals surface area contributed by atoms with Gasteiger partial charge in [-0.1, -0.05) is 44.2 Å². The van der Waals surface area contributed by atoms with Crippen LogP contribution in [0.5, 0.6) is 0 Å². The smallest absolute Gasteiger partial charge is 0.407 e. The summed E-state index contributed by atoms with van der Waals surface area (Å²) in [5.74, 6) is -0.0881. The third-order valence-electron chi connectivity index (χ3n) is 5.18. The van der Waals surface area contributed by atoms with E-state index in [0.717, 1.165) is 39.0 Å². The highest BCUT2D eigenvalue weighted by Crippen LogP contribution is 2.22. The standard InChI is InChI=1S/C22H29N3O7S/c1-16(2)14-24(33(31,32)19-11-9-18(10-12-19)25(29)30)15-21(26)20(23(3)22(27)28)13-17-7-5-4-6-8-17/h4-12,16,20-21,26H,13-15H2,1-3H3,(H,27,28)/t20-,21?/m0/s1. The lowest BCUT2D eigenvalue weighted by molar-refractivity contribution is -0.384. The number of nitro benzene ring substituents is 1. The summed E-state index contributed by atoms with van der Waals surface area (Å²) in [6.45, 7) is 3.36. The van der Waals surface area contributed by atoms with Crippen LogP contribution in [0.4, 0.5) is 10.5 Å². The minimum absolute atomic E-state index is 0.0746. The molecular weight excluding hydrogens is 450 g/mol. The summed E-state index contributed by atoms with van der Waals surface area (Å²) in [5.41, 5.74) is 0.554. The van der Waals surface area contributed by atoms with Crippen LogP contribution in [-0.4, -0.2) is 71.1 Å². The number of amides is 1. The van der Waals surface area contributed by atoms with Crippen molar-refractivity contribution in [1.29, 1.82) is 0 Å². The molecule has 0 bridgehead atoms. The fraction of sp³-hybridized carbons (Fsp3) is 0.409. The third-order valence-corrected chi connectivity index (χ3v) is 7.02. The summed E-state index contributed by atoms with van der Waals surface area (Å²) in [6.07, 6.45) is -2.38. The number of carbonyl (C=O) groups is 1. The van der Waals surface area contributed by atoms with Crippen LogP contribution in [-0.2, 0) is 16.4 Å². The van der Waals surface area contributed by atoms with Gasteiger partial charge in [0.25, 0.3) is 5.69 Å². The van der Waals surface area contributed by atoms with Gasteiger partial charge in [0, 0.05) is 32.3 Å². The quantitative estimate of drug-likeness (QED) is 0.373.